The highest BCUT2D eigenvalue weighted by Gasteiger charge is 2.41. The molecule has 0 bridgehead atoms. The standard InChI is InChI=1S/C59H41F3N4Si/c1-40-30-34-53-51(36-40)52-39-45(59(60,61)62)32-35-54(52)66(53)55-38-44(31-33-50(55)58-64-56(41-18-7-2-8-19-41)63-57(65-58)42-20-9-3-10-21-42)43-22-17-29-49(37-43)67(46-23-11-4-12-24-46,47-25-13-5-14-26-47)48-27-15-6-16-28-48/h2-39H,1H3. The van der Waals surface area contributed by atoms with Crippen LogP contribution >= 0.6 is 0 Å². The maximum atomic E-state index is 14.4. The van der Waals surface area contributed by atoms with Gasteiger partial charge in [0.2, 0.25) is 0 Å². The van der Waals surface area contributed by atoms with Crippen molar-refractivity contribution in [3.05, 3.63) is 242 Å². The average Bonchev–Trinajstić information content (AvgIpc) is 3.70. The first-order valence-corrected chi connectivity index (χ1v) is 24.2. The van der Waals surface area contributed by atoms with E-state index in [0.717, 1.165) is 38.7 Å². The maximum absolute atomic E-state index is 14.4. The molecule has 9 aromatic carbocycles. The summed E-state index contributed by atoms with van der Waals surface area (Å²) in [6.07, 6.45) is -4.52. The number of hydrogen-bond donors (Lipinski definition) is 0. The van der Waals surface area contributed by atoms with Crippen LogP contribution in [-0.2, 0) is 6.18 Å². The predicted octanol–water partition coefficient (Wildman–Crippen LogP) is 12.3. The van der Waals surface area contributed by atoms with Gasteiger partial charge in [0.1, 0.15) is 0 Å². The minimum absolute atomic E-state index is 0.431. The molecule has 11 aromatic rings. The lowest BCUT2D eigenvalue weighted by Gasteiger charge is -2.34. The monoisotopic (exact) mass is 890 g/mol. The van der Waals surface area contributed by atoms with Gasteiger partial charge in [0, 0.05) is 27.5 Å². The van der Waals surface area contributed by atoms with E-state index in [9.17, 15) is 13.2 Å². The van der Waals surface area contributed by atoms with Crippen LogP contribution in [0.15, 0.2) is 231 Å². The molecule has 0 N–H and O–H groups in total. The van der Waals surface area contributed by atoms with Crippen LogP contribution in [0.3, 0.4) is 0 Å². The predicted molar refractivity (Wildman–Crippen MR) is 269 cm³/mol. The molecular weight excluding hydrogens is 850 g/mol. The Hall–Kier alpha value is -8.20. The van der Waals surface area contributed by atoms with E-state index in [-0.39, 0.29) is 0 Å². The van der Waals surface area contributed by atoms with Gasteiger partial charge < -0.3 is 4.57 Å². The molecule has 4 nitrogen and oxygen atoms in total. The first-order valence-electron chi connectivity index (χ1n) is 22.2. The molecule has 0 aliphatic rings. The Morgan fingerprint density at radius 2 is 0.836 bits per heavy atom. The maximum Gasteiger partial charge on any atom is 0.416 e. The van der Waals surface area contributed by atoms with Crippen LogP contribution in [-0.4, -0.2) is 27.6 Å². The first kappa shape index (κ1) is 41.5. The highest BCUT2D eigenvalue weighted by atomic mass is 28.3. The van der Waals surface area contributed by atoms with Crippen molar-refractivity contribution in [2.24, 2.45) is 0 Å². The lowest BCUT2D eigenvalue weighted by Crippen LogP contribution is -2.74. The molecular formula is C59H41F3N4Si. The number of rotatable bonds is 9. The number of hydrogen-bond acceptors (Lipinski definition) is 3. The Balaban J connectivity index is 1.20. The molecule has 0 saturated heterocycles. The zero-order chi connectivity index (χ0) is 45.5. The fourth-order valence-electron chi connectivity index (χ4n) is 9.58. The van der Waals surface area contributed by atoms with E-state index in [0.29, 0.717) is 39.6 Å². The van der Waals surface area contributed by atoms with Crippen molar-refractivity contribution in [3.63, 3.8) is 0 Å². The summed E-state index contributed by atoms with van der Waals surface area (Å²) < 4.78 is 45.3. The number of benzene rings is 9. The molecule has 0 aliphatic carbocycles. The fourth-order valence-corrected chi connectivity index (χ4v) is 14.4. The van der Waals surface area contributed by atoms with Gasteiger partial charge in [-0.1, -0.05) is 194 Å². The number of aryl methyl sites for hydroxylation is 1. The van der Waals surface area contributed by atoms with Gasteiger partial charge in [0.05, 0.1) is 22.3 Å². The molecule has 322 valence electrons. The summed E-state index contributed by atoms with van der Waals surface area (Å²) in [5, 5.41) is 6.22. The molecule has 8 heteroatoms. The third-order valence-electron chi connectivity index (χ3n) is 12.7. The summed E-state index contributed by atoms with van der Waals surface area (Å²) in [4.78, 5) is 15.3. The minimum Gasteiger partial charge on any atom is -0.308 e. The molecule has 0 aliphatic heterocycles. The Morgan fingerprint density at radius 1 is 0.388 bits per heavy atom. The van der Waals surface area contributed by atoms with Crippen molar-refractivity contribution >= 4 is 50.6 Å². The summed E-state index contributed by atoms with van der Waals surface area (Å²) in [5.74, 6) is 1.44. The van der Waals surface area contributed by atoms with Gasteiger partial charge in [-0.3, -0.25) is 0 Å². The van der Waals surface area contributed by atoms with Gasteiger partial charge in [-0.2, -0.15) is 13.2 Å². The third-order valence-corrected chi connectivity index (χ3v) is 17.5. The van der Waals surface area contributed by atoms with Crippen molar-refractivity contribution in [2.75, 3.05) is 0 Å². The summed E-state index contributed by atoms with van der Waals surface area (Å²) in [6, 6.07) is 77.2. The molecule has 0 fully saturated rings. The highest BCUT2D eigenvalue weighted by molar-refractivity contribution is 7.19. The molecule has 2 aromatic heterocycles. The third kappa shape index (κ3) is 7.51. The van der Waals surface area contributed by atoms with Gasteiger partial charge in [0.15, 0.2) is 25.5 Å². The Morgan fingerprint density at radius 3 is 1.37 bits per heavy atom. The van der Waals surface area contributed by atoms with Gasteiger partial charge in [-0.15, -0.1) is 0 Å². The van der Waals surface area contributed by atoms with Crippen molar-refractivity contribution in [1.82, 2.24) is 19.5 Å². The second kappa shape index (κ2) is 17.0. The molecule has 0 spiro atoms. The molecule has 0 atom stereocenters. The highest BCUT2D eigenvalue weighted by Crippen LogP contribution is 2.41. The number of nitrogens with zero attached hydrogens (tertiary/aromatic N) is 4. The van der Waals surface area contributed by atoms with Crippen LogP contribution in [0.4, 0.5) is 13.2 Å². The van der Waals surface area contributed by atoms with Gasteiger partial charge in [0.25, 0.3) is 0 Å². The fraction of sp³-hybridized carbons (Fsp3) is 0.0339. The Kier molecular flexibility index (Phi) is 10.5. The van der Waals surface area contributed by atoms with Gasteiger partial charge in [-0.05, 0) is 81.3 Å². The van der Waals surface area contributed by atoms with E-state index in [4.69, 9.17) is 15.0 Å². The van der Waals surface area contributed by atoms with E-state index in [1.807, 2.05) is 91.9 Å². The summed E-state index contributed by atoms with van der Waals surface area (Å²) in [6.45, 7) is 1.96. The van der Waals surface area contributed by atoms with Crippen LogP contribution in [0.2, 0.25) is 0 Å². The number of aromatic nitrogens is 4. The van der Waals surface area contributed by atoms with E-state index in [1.165, 1.54) is 32.9 Å². The minimum atomic E-state index is -4.52. The van der Waals surface area contributed by atoms with E-state index in [2.05, 4.69) is 132 Å². The molecule has 2 heterocycles. The summed E-state index contributed by atoms with van der Waals surface area (Å²) in [7, 11) is -2.89. The van der Waals surface area contributed by atoms with Crippen molar-refractivity contribution in [2.45, 2.75) is 13.1 Å². The number of halogens is 3. The van der Waals surface area contributed by atoms with Crippen LogP contribution < -0.4 is 20.7 Å². The van der Waals surface area contributed by atoms with Crippen LogP contribution in [0.25, 0.3) is 72.8 Å². The van der Waals surface area contributed by atoms with Crippen LogP contribution in [0, 0.1) is 6.92 Å². The lowest BCUT2D eigenvalue weighted by molar-refractivity contribution is -0.137. The van der Waals surface area contributed by atoms with Crippen molar-refractivity contribution < 1.29 is 13.2 Å². The topological polar surface area (TPSA) is 43.6 Å². The summed E-state index contributed by atoms with van der Waals surface area (Å²) in [5.41, 5.74) is 6.61. The lowest BCUT2D eigenvalue weighted by atomic mass is 10.0. The van der Waals surface area contributed by atoms with Gasteiger partial charge in [-0.25, -0.2) is 15.0 Å². The molecule has 11 rings (SSSR count). The first-order chi connectivity index (χ1) is 32.8. The Labute approximate surface area is 387 Å². The zero-order valence-corrected chi connectivity index (χ0v) is 37.4. The molecule has 0 amide bonds. The molecule has 0 saturated carbocycles. The van der Waals surface area contributed by atoms with Crippen LogP contribution in [0.1, 0.15) is 11.1 Å². The number of fused-ring (bicyclic) bond motifs is 3. The zero-order valence-electron chi connectivity index (χ0n) is 36.4. The normalized spacial score (nSPS) is 11.9. The second-order valence-electron chi connectivity index (χ2n) is 16.8. The Bertz CT molecular complexity index is 3410. The molecule has 0 unspecified atom stereocenters. The SMILES string of the molecule is Cc1ccc2c(c1)c1cc(C(F)(F)F)ccc1n2-c1cc(-c2cccc([Si](c3ccccc3)(c3ccccc3)c3ccccc3)c2)ccc1-c1nc(-c2ccccc2)nc(-c2ccccc2)n1. The smallest absolute Gasteiger partial charge is 0.308 e. The van der Waals surface area contributed by atoms with Crippen LogP contribution in [0.5, 0.6) is 0 Å². The molecule has 67 heavy (non-hydrogen) atoms. The second-order valence-corrected chi connectivity index (χ2v) is 20.6. The number of alkyl halides is 3. The van der Waals surface area contributed by atoms with E-state index in [1.54, 1.807) is 6.07 Å². The van der Waals surface area contributed by atoms with E-state index < -0.39 is 19.8 Å². The quantitative estimate of drug-likeness (QED) is 0.107. The summed E-state index contributed by atoms with van der Waals surface area (Å²) >= 11 is 0. The molecule has 0 radical (unpaired) electrons. The van der Waals surface area contributed by atoms with Gasteiger partial charge >= 0.3 is 6.18 Å². The van der Waals surface area contributed by atoms with Crippen molar-refractivity contribution in [1.29, 1.82) is 0 Å². The largest absolute Gasteiger partial charge is 0.416 e. The average molecular weight is 891 g/mol. The van der Waals surface area contributed by atoms with Crippen molar-refractivity contribution in [3.8, 4) is 51.0 Å². The van der Waals surface area contributed by atoms with E-state index >= 15 is 0 Å².